The highest BCUT2D eigenvalue weighted by molar-refractivity contribution is 6.07. The van der Waals surface area contributed by atoms with Crippen LogP contribution in [0, 0.1) is 6.33 Å². The number of hydrogen-bond donors (Lipinski definition) is 1. The molecule has 3 heterocycles. The standard InChI is InChI=1S/C25H15N4/c1-3-7-18-16(5-1)13-14-26-24(18)23-19(10-12-22-25(23)28-15-27-22)21-11-9-17-6-2-4-8-20(17)29-21/h1-14H,(H,27,28). The molecule has 1 N–H and O–H groups in total. The summed E-state index contributed by atoms with van der Waals surface area (Å²) < 4.78 is 0. The first kappa shape index (κ1) is 16.0. The number of aromatic nitrogens is 4. The normalized spacial score (nSPS) is 11.4. The van der Waals surface area contributed by atoms with Crippen LogP contribution in [0.3, 0.4) is 0 Å². The number of aromatic amines is 1. The summed E-state index contributed by atoms with van der Waals surface area (Å²) in [4.78, 5) is 17.3. The first-order valence-electron chi connectivity index (χ1n) is 9.47. The molecule has 0 unspecified atom stereocenters. The molecular weight excluding hydrogens is 356 g/mol. The molecular formula is C25H15N4. The van der Waals surface area contributed by atoms with Gasteiger partial charge in [0, 0.05) is 28.1 Å². The Morgan fingerprint density at radius 2 is 1.62 bits per heavy atom. The second kappa shape index (κ2) is 6.24. The highest BCUT2D eigenvalue weighted by Crippen LogP contribution is 2.38. The van der Waals surface area contributed by atoms with Crippen molar-refractivity contribution in [1.29, 1.82) is 0 Å². The monoisotopic (exact) mass is 371 g/mol. The number of fused-ring (bicyclic) bond motifs is 3. The van der Waals surface area contributed by atoms with E-state index in [1.807, 2.05) is 48.7 Å². The molecule has 1 radical (unpaired) electrons. The van der Waals surface area contributed by atoms with E-state index < -0.39 is 0 Å². The van der Waals surface area contributed by atoms with Crippen molar-refractivity contribution >= 4 is 32.7 Å². The first-order valence-corrected chi connectivity index (χ1v) is 9.47. The lowest BCUT2D eigenvalue weighted by atomic mass is 9.95. The van der Waals surface area contributed by atoms with Gasteiger partial charge in [0.15, 0.2) is 6.33 Å². The van der Waals surface area contributed by atoms with Crippen molar-refractivity contribution in [2.24, 2.45) is 0 Å². The number of pyridine rings is 2. The fraction of sp³-hybridized carbons (Fsp3) is 0. The quantitative estimate of drug-likeness (QED) is 0.419. The lowest BCUT2D eigenvalue weighted by molar-refractivity contribution is 1.31. The van der Waals surface area contributed by atoms with Crippen molar-refractivity contribution in [3.8, 4) is 22.5 Å². The fourth-order valence-electron chi connectivity index (χ4n) is 3.94. The Morgan fingerprint density at radius 1 is 0.759 bits per heavy atom. The maximum absolute atomic E-state index is 4.93. The molecule has 0 atom stereocenters. The molecule has 4 nitrogen and oxygen atoms in total. The molecule has 0 saturated heterocycles. The maximum Gasteiger partial charge on any atom is 0.174 e. The summed E-state index contributed by atoms with van der Waals surface area (Å²) in [5.41, 5.74) is 6.53. The van der Waals surface area contributed by atoms with Crippen LogP contribution in [0.15, 0.2) is 85.1 Å². The molecule has 0 aliphatic carbocycles. The highest BCUT2D eigenvalue weighted by Gasteiger charge is 2.18. The van der Waals surface area contributed by atoms with E-state index in [1.165, 1.54) is 0 Å². The summed E-state index contributed by atoms with van der Waals surface area (Å²) in [5, 5.41) is 3.36. The SMILES string of the molecule is [c]1nc2c(-c3nccc4ccccc34)c(-c3ccc4ccccc4n3)ccc2[nH]1. The van der Waals surface area contributed by atoms with Crippen LogP contribution in [-0.4, -0.2) is 19.9 Å². The van der Waals surface area contributed by atoms with Crippen LogP contribution in [0.25, 0.3) is 55.2 Å². The molecule has 6 rings (SSSR count). The largest absolute Gasteiger partial charge is 0.335 e. The minimum absolute atomic E-state index is 0.848. The van der Waals surface area contributed by atoms with Crippen LogP contribution in [0.2, 0.25) is 0 Å². The van der Waals surface area contributed by atoms with Gasteiger partial charge in [0.25, 0.3) is 0 Å². The van der Waals surface area contributed by atoms with Gasteiger partial charge in [-0.15, -0.1) is 0 Å². The third-order valence-electron chi connectivity index (χ3n) is 5.32. The van der Waals surface area contributed by atoms with E-state index in [1.54, 1.807) is 0 Å². The van der Waals surface area contributed by atoms with E-state index in [0.717, 1.165) is 55.2 Å². The lowest BCUT2D eigenvalue weighted by Crippen LogP contribution is -1.94. The third kappa shape index (κ3) is 2.50. The Kier molecular flexibility index (Phi) is 3.43. The summed E-state index contributed by atoms with van der Waals surface area (Å²) in [6.07, 6.45) is 4.73. The van der Waals surface area contributed by atoms with E-state index in [4.69, 9.17) is 9.97 Å². The van der Waals surface area contributed by atoms with Crippen molar-refractivity contribution in [3.05, 3.63) is 91.4 Å². The van der Waals surface area contributed by atoms with Gasteiger partial charge in [0.2, 0.25) is 0 Å². The molecule has 0 aliphatic rings. The smallest absolute Gasteiger partial charge is 0.174 e. The van der Waals surface area contributed by atoms with Crippen molar-refractivity contribution in [2.45, 2.75) is 0 Å². The zero-order chi connectivity index (χ0) is 19.2. The molecule has 0 aliphatic heterocycles. The predicted octanol–water partition coefficient (Wildman–Crippen LogP) is 5.79. The summed E-state index contributed by atoms with van der Waals surface area (Å²) in [7, 11) is 0. The lowest BCUT2D eigenvalue weighted by Gasteiger charge is -2.13. The van der Waals surface area contributed by atoms with Crippen molar-refractivity contribution in [1.82, 2.24) is 19.9 Å². The molecule has 0 bridgehead atoms. The van der Waals surface area contributed by atoms with Gasteiger partial charge in [-0.3, -0.25) is 4.98 Å². The molecule has 6 aromatic rings. The van der Waals surface area contributed by atoms with E-state index in [2.05, 4.69) is 52.7 Å². The van der Waals surface area contributed by atoms with Gasteiger partial charge in [0.1, 0.15) is 0 Å². The van der Waals surface area contributed by atoms with E-state index in [-0.39, 0.29) is 0 Å². The molecule has 3 aromatic carbocycles. The first-order chi connectivity index (χ1) is 14.4. The van der Waals surface area contributed by atoms with Gasteiger partial charge in [-0.1, -0.05) is 48.5 Å². The number of imidazole rings is 1. The minimum atomic E-state index is 0.848. The van der Waals surface area contributed by atoms with E-state index in [0.29, 0.717) is 0 Å². The Hall–Kier alpha value is -4.05. The summed E-state index contributed by atoms with van der Waals surface area (Å²) in [6, 6.07) is 26.8. The van der Waals surface area contributed by atoms with Crippen LogP contribution in [0.4, 0.5) is 0 Å². The topological polar surface area (TPSA) is 54.5 Å². The summed E-state index contributed by atoms with van der Waals surface area (Å²) >= 11 is 0. The highest BCUT2D eigenvalue weighted by atomic mass is 14.9. The molecule has 0 fully saturated rings. The predicted molar refractivity (Wildman–Crippen MR) is 116 cm³/mol. The molecule has 0 saturated carbocycles. The minimum Gasteiger partial charge on any atom is -0.335 e. The Balaban J connectivity index is 1.71. The Bertz CT molecular complexity index is 1510. The number of para-hydroxylation sites is 1. The zero-order valence-corrected chi connectivity index (χ0v) is 15.4. The zero-order valence-electron chi connectivity index (χ0n) is 15.4. The number of benzene rings is 3. The van der Waals surface area contributed by atoms with Crippen molar-refractivity contribution in [2.75, 3.05) is 0 Å². The number of rotatable bonds is 2. The summed E-state index contributed by atoms with van der Waals surface area (Å²) in [6.45, 7) is 0. The fourth-order valence-corrected chi connectivity index (χ4v) is 3.94. The van der Waals surface area contributed by atoms with Gasteiger partial charge in [-0.25, -0.2) is 9.97 Å². The summed E-state index contributed by atoms with van der Waals surface area (Å²) in [5.74, 6) is 0. The number of nitrogens with zero attached hydrogens (tertiary/aromatic N) is 3. The number of nitrogens with one attached hydrogen (secondary N) is 1. The van der Waals surface area contributed by atoms with Crippen LogP contribution in [-0.2, 0) is 0 Å². The Morgan fingerprint density at radius 3 is 2.59 bits per heavy atom. The van der Waals surface area contributed by atoms with Crippen LogP contribution in [0.5, 0.6) is 0 Å². The second-order valence-corrected chi connectivity index (χ2v) is 7.00. The van der Waals surface area contributed by atoms with Crippen molar-refractivity contribution < 1.29 is 0 Å². The van der Waals surface area contributed by atoms with Gasteiger partial charge >= 0.3 is 0 Å². The van der Waals surface area contributed by atoms with E-state index >= 15 is 0 Å². The molecule has 135 valence electrons. The van der Waals surface area contributed by atoms with Gasteiger partial charge < -0.3 is 4.98 Å². The van der Waals surface area contributed by atoms with Crippen LogP contribution in [0.1, 0.15) is 0 Å². The molecule has 29 heavy (non-hydrogen) atoms. The van der Waals surface area contributed by atoms with Crippen LogP contribution >= 0.6 is 0 Å². The molecule has 0 amide bonds. The molecule has 3 aromatic heterocycles. The van der Waals surface area contributed by atoms with Crippen LogP contribution < -0.4 is 0 Å². The van der Waals surface area contributed by atoms with E-state index in [9.17, 15) is 0 Å². The van der Waals surface area contributed by atoms with Gasteiger partial charge in [-0.2, -0.15) is 0 Å². The van der Waals surface area contributed by atoms with Gasteiger partial charge in [0.05, 0.1) is 27.9 Å². The average molecular weight is 371 g/mol. The second-order valence-electron chi connectivity index (χ2n) is 7.00. The van der Waals surface area contributed by atoms with Crippen molar-refractivity contribution in [3.63, 3.8) is 0 Å². The maximum atomic E-state index is 4.93. The third-order valence-corrected chi connectivity index (χ3v) is 5.32. The number of hydrogen-bond acceptors (Lipinski definition) is 3. The molecule has 0 spiro atoms. The molecule has 4 heteroatoms. The Labute approximate surface area is 166 Å². The van der Waals surface area contributed by atoms with Gasteiger partial charge in [-0.05, 0) is 35.7 Å². The average Bonchev–Trinajstić information content (AvgIpc) is 3.27. The number of H-pyrrole nitrogens is 1.